The van der Waals surface area contributed by atoms with Crippen molar-refractivity contribution in [1.82, 2.24) is 0 Å². The van der Waals surface area contributed by atoms with Crippen molar-refractivity contribution >= 4 is 0 Å². The van der Waals surface area contributed by atoms with Crippen LogP contribution in [0, 0.1) is 0 Å². The second-order valence-electron chi connectivity index (χ2n) is 2.50. The molecule has 1 aromatic carbocycles. The Morgan fingerprint density at radius 2 is 1.83 bits per heavy atom. The van der Waals surface area contributed by atoms with Gasteiger partial charge in [-0.05, 0) is 18.4 Å². The molecule has 0 amide bonds. The molecule has 1 rings (SSSR count). The van der Waals surface area contributed by atoms with E-state index in [1.165, 1.54) is 5.56 Å². The van der Waals surface area contributed by atoms with Crippen LogP contribution in [0.3, 0.4) is 0 Å². The van der Waals surface area contributed by atoms with Crippen molar-refractivity contribution in [1.29, 1.82) is 0 Å². The number of benzene rings is 1. The van der Waals surface area contributed by atoms with Gasteiger partial charge < -0.3 is 5.48 Å². The Hall–Kier alpha value is -0.900. The van der Waals surface area contributed by atoms with Crippen LogP contribution in [0.15, 0.2) is 30.3 Å². The first-order chi connectivity index (χ1) is 5.43. The molecule has 68 valence electrons. The zero-order chi connectivity index (χ0) is 7.94. The highest BCUT2D eigenvalue weighted by Crippen LogP contribution is 2.01. The van der Waals surface area contributed by atoms with E-state index in [9.17, 15) is 0 Å². The van der Waals surface area contributed by atoms with Gasteiger partial charge in [0.25, 0.3) is 0 Å². The lowest BCUT2D eigenvalue weighted by molar-refractivity contribution is -0.689. The Morgan fingerprint density at radius 3 is 2.42 bits per heavy atom. The molecule has 0 unspecified atom stereocenters. The van der Waals surface area contributed by atoms with Crippen molar-refractivity contribution in [2.45, 2.75) is 12.8 Å². The lowest BCUT2D eigenvalue weighted by atomic mass is 10.1. The molecule has 0 bridgehead atoms. The van der Waals surface area contributed by atoms with Crippen LogP contribution in [-0.2, 0) is 11.3 Å². The monoisotopic (exact) mass is 169 g/mol. The minimum Gasteiger partial charge on any atom is -0.870 e. The van der Waals surface area contributed by atoms with E-state index in [2.05, 4.69) is 30.2 Å². The van der Waals surface area contributed by atoms with Gasteiger partial charge in [-0.1, -0.05) is 30.3 Å². The number of hydrogen-bond acceptors (Lipinski definition) is 2. The van der Waals surface area contributed by atoms with E-state index in [1.54, 1.807) is 0 Å². The first kappa shape index (κ1) is 11.1. The number of rotatable bonds is 4. The molecular formula is C9H15NO2. The summed E-state index contributed by atoms with van der Waals surface area (Å²) in [5, 5.41) is 0. The second kappa shape index (κ2) is 6.79. The molecule has 3 nitrogen and oxygen atoms in total. The van der Waals surface area contributed by atoms with Crippen LogP contribution in [-0.4, -0.2) is 12.1 Å². The van der Waals surface area contributed by atoms with Crippen molar-refractivity contribution in [3.8, 4) is 0 Å². The number of hydrogen-bond donors (Lipinski definition) is 1. The molecule has 0 aliphatic carbocycles. The Morgan fingerprint density at radius 1 is 1.17 bits per heavy atom. The normalized spacial score (nSPS) is 9.08. The maximum Gasteiger partial charge on any atom is 0.106 e. The van der Waals surface area contributed by atoms with E-state index in [0.717, 1.165) is 19.4 Å². The van der Waals surface area contributed by atoms with Crippen LogP contribution in [0.2, 0.25) is 0 Å². The van der Waals surface area contributed by atoms with Crippen LogP contribution in [0.4, 0.5) is 0 Å². The molecule has 0 spiro atoms. The first-order valence-corrected chi connectivity index (χ1v) is 3.84. The molecule has 0 aliphatic rings. The predicted molar refractivity (Wildman–Crippen MR) is 45.5 cm³/mol. The van der Waals surface area contributed by atoms with Gasteiger partial charge >= 0.3 is 0 Å². The highest BCUT2D eigenvalue weighted by Gasteiger charge is 1.90. The second-order valence-corrected chi connectivity index (χ2v) is 2.50. The molecule has 1 aromatic rings. The molecule has 0 heterocycles. The van der Waals surface area contributed by atoms with Gasteiger partial charge in [-0.3, -0.25) is 0 Å². The van der Waals surface area contributed by atoms with E-state index < -0.39 is 0 Å². The van der Waals surface area contributed by atoms with E-state index in [-0.39, 0.29) is 5.48 Å². The smallest absolute Gasteiger partial charge is 0.106 e. The quantitative estimate of drug-likeness (QED) is 0.530. The summed E-state index contributed by atoms with van der Waals surface area (Å²) in [7, 11) is 0. The van der Waals surface area contributed by atoms with Gasteiger partial charge in [0.15, 0.2) is 0 Å². The van der Waals surface area contributed by atoms with Crippen LogP contribution in [0.25, 0.3) is 0 Å². The van der Waals surface area contributed by atoms with E-state index in [0.29, 0.717) is 0 Å². The Bertz CT molecular complexity index is 189. The van der Waals surface area contributed by atoms with E-state index in [1.807, 2.05) is 6.07 Å². The van der Waals surface area contributed by atoms with Gasteiger partial charge in [0, 0.05) is 0 Å². The predicted octanol–water partition coefficient (Wildman–Crippen LogP) is 0.616. The largest absolute Gasteiger partial charge is 0.870 e. The number of aryl methyl sites for hydroxylation is 1. The molecule has 0 saturated carbocycles. The highest BCUT2D eigenvalue weighted by atomic mass is 16.6. The molecule has 3 heteroatoms. The molecule has 0 saturated heterocycles. The van der Waals surface area contributed by atoms with Crippen LogP contribution >= 0.6 is 0 Å². The summed E-state index contributed by atoms with van der Waals surface area (Å²) in [6.45, 7) is 0.745. The van der Waals surface area contributed by atoms with Crippen molar-refractivity contribution in [2.75, 3.05) is 6.61 Å². The van der Waals surface area contributed by atoms with Gasteiger partial charge in [-0.2, -0.15) is 0 Å². The van der Waals surface area contributed by atoms with Gasteiger partial charge in [-0.25, -0.2) is 10.7 Å². The molecule has 0 fully saturated rings. The summed E-state index contributed by atoms with van der Waals surface area (Å²) in [6, 6.07) is 10.4. The van der Waals surface area contributed by atoms with Gasteiger partial charge in [0.1, 0.15) is 6.61 Å². The van der Waals surface area contributed by atoms with Crippen molar-refractivity contribution in [3.63, 3.8) is 0 Å². The molecular weight excluding hydrogens is 154 g/mol. The zero-order valence-corrected chi connectivity index (χ0v) is 7.07. The standard InChI is InChI=1S/C9H14NO.H2O/c10-11-8-4-7-9-5-2-1-3-6-9;/h1-3,5-6H,4,7-8H2,10H3;1H2/q+1;/p-1. The average molecular weight is 169 g/mol. The van der Waals surface area contributed by atoms with E-state index >= 15 is 0 Å². The summed E-state index contributed by atoms with van der Waals surface area (Å²) in [5.74, 6) is 3.32. The van der Waals surface area contributed by atoms with Gasteiger partial charge in [-0.15, -0.1) is 0 Å². The van der Waals surface area contributed by atoms with Crippen molar-refractivity contribution < 1.29 is 16.2 Å². The fourth-order valence-electron chi connectivity index (χ4n) is 1.02. The summed E-state index contributed by atoms with van der Waals surface area (Å²) >= 11 is 0. The Labute approximate surface area is 72.4 Å². The molecule has 0 radical (unpaired) electrons. The molecule has 4 N–H and O–H groups in total. The highest BCUT2D eigenvalue weighted by molar-refractivity contribution is 5.14. The zero-order valence-electron chi connectivity index (χ0n) is 7.07. The van der Waals surface area contributed by atoms with Crippen molar-refractivity contribution in [3.05, 3.63) is 35.9 Å². The maximum absolute atomic E-state index is 4.71. The molecule has 0 aromatic heterocycles. The summed E-state index contributed by atoms with van der Waals surface area (Å²) < 4.78 is 0. The third-order valence-corrected chi connectivity index (χ3v) is 1.60. The summed E-state index contributed by atoms with van der Waals surface area (Å²) in [6.07, 6.45) is 2.13. The Balaban J connectivity index is 0.00000121. The molecule has 0 aliphatic heterocycles. The average Bonchev–Trinajstić information content (AvgIpc) is 2.07. The lowest BCUT2D eigenvalue weighted by Crippen LogP contribution is -2.49. The Kier molecular flexibility index (Phi) is 6.28. The minimum atomic E-state index is 0. The molecule has 0 atom stereocenters. The lowest BCUT2D eigenvalue weighted by Gasteiger charge is -1.97. The SMILES string of the molecule is [NH3+]OCCCc1ccccc1.[OH-]. The van der Waals surface area contributed by atoms with Crippen LogP contribution < -0.4 is 5.90 Å². The van der Waals surface area contributed by atoms with Gasteiger partial charge in [0.05, 0.1) is 0 Å². The number of quaternary nitrogens is 1. The minimum absolute atomic E-state index is 0. The summed E-state index contributed by atoms with van der Waals surface area (Å²) in [4.78, 5) is 4.71. The van der Waals surface area contributed by atoms with Crippen LogP contribution in [0.5, 0.6) is 0 Å². The maximum atomic E-state index is 4.71. The topological polar surface area (TPSA) is 66.9 Å². The van der Waals surface area contributed by atoms with Gasteiger partial charge in [0.2, 0.25) is 0 Å². The molecule has 12 heavy (non-hydrogen) atoms. The van der Waals surface area contributed by atoms with Crippen molar-refractivity contribution in [2.24, 2.45) is 0 Å². The third-order valence-electron chi connectivity index (χ3n) is 1.60. The fourth-order valence-corrected chi connectivity index (χ4v) is 1.02. The third kappa shape index (κ3) is 4.08. The van der Waals surface area contributed by atoms with Crippen LogP contribution in [0.1, 0.15) is 12.0 Å². The van der Waals surface area contributed by atoms with E-state index in [4.69, 9.17) is 4.84 Å². The fraction of sp³-hybridized carbons (Fsp3) is 0.333. The first-order valence-electron chi connectivity index (χ1n) is 3.84. The summed E-state index contributed by atoms with van der Waals surface area (Å²) in [5.41, 5.74) is 1.37.